The Balaban J connectivity index is 1.47. The number of carbonyl (C=O) groups excluding carboxylic acids is 1. The zero-order valence-corrected chi connectivity index (χ0v) is 18.1. The first-order chi connectivity index (χ1) is 14.4. The Bertz CT molecular complexity index is 1170. The number of carbonyl (C=O) groups is 1. The highest BCUT2D eigenvalue weighted by molar-refractivity contribution is 7.89. The first-order valence-electron chi connectivity index (χ1n) is 10.0. The summed E-state index contributed by atoms with van der Waals surface area (Å²) in [6.45, 7) is 1.65. The van der Waals surface area contributed by atoms with Crippen molar-refractivity contribution in [1.29, 1.82) is 0 Å². The summed E-state index contributed by atoms with van der Waals surface area (Å²) in [5.41, 5.74) is 1.68. The fraction of sp³-hybridized carbons (Fsp3) is 0.318. The molecule has 0 bridgehead atoms. The molecule has 2 aromatic carbocycles. The second-order valence-corrected chi connectivity index (χ2v) is 9.84. The molecule has 158 valence electrons. The molecule has 1 aromatic heterocycles. The molecule has 8 heteroatoms. The number of nitrogens with one attached hydrogen (secondary N) is 1. The summed E-state index contributed by atoms with van der Waals surface area (Å²) in [7, 11) is -3.48. The zero-order valence-electron chi connectivity index (χ0n) is 16.6. The molecule has 0 aliphatic carbocycles. The van der Waals surface area contributed by atoms with Crippen molar-refractivity contribution < 1.29 is 13.2 Å². The fourth-order valence-corrected chi connectivity index (χ4v) is 5.53. The van der Waals surface area contributed by atoms with Crippen LogP contribution in [-0.2, 0) is 27.9 Å². The van der Waals surface area contributed by atoms with Gasteiger partial charge in [-0.25, -0.2) is 8.42 Å². The number of sulfonamides is 1. The molecule has 6 nitrogen and oxygen atoms in total. The second-order valence-electron chi connectivity index (χ2n) is 7.50. The maximum absolute atomic E-state index is 12.9. The Labute approximate surface area is 181 Å². The van der Waals surface area contributed by atoms with Crippen molar-refractivity contribution in [2.24, 2.45) is 0 Å². The van der Waals surface area contributed by atoms with Gasteiger partial charge in [0.15, 0.2) is 0 Å². The van der Waals surface area contributed by atoms with Crippen LogP contribution in [-0.4, -0.2) is 36.3 Å². The summed E-state index contributed by atoms with van der Waals surface area (Å²) in [5, 5.41) is 4.29. The van der Waals surface area contributed by atoms with Crippen LogP contribution in [0, 0.1) is 0 Å². The van der Waals surface area contributed by atoms with Crippen LogP contribution in [0.5, 0.6) is 0 Å². The summed E-state index contributed by atoms with van der Waals surface area (Å²) >= 11 is 6.13. The van der Waals surface area contributed by atoms with Gasteiger partial charge >= 0.3 is 0 Å². The van der Waals surface area contributed by atoms with Gasteiger partial charge in [0.25, 0.3) is 0 Å². The van der Waals surface area contributed by atoms with Crippen LogP contribution in [0.3, 0.4) is 0 Å². The van der Waals surface area contributed by atoms with Gasteiger partial charge < -0.3 is 9.88 Å². The summed E-state index contributed by atoms with van der Waals surface area (Å²) in [6, 6.07) is 14.3. The molecule has 0 atom stereocenters. The molecule has 2 heterocycles. The van der Waals surface area contributed by atoms with Crippen molar-refractivity contribution in [3.63, 3.8) is 0 Å². The summed E-state index contributed by atoms with van der Waals surface area (Å²) in [4.78, 5) is 12.7. The predicted octanol–water partition coefficient (Wildman–Crippen LogP) is 3.79. The van der Waals surface area contributed by atoms with Gasteiger partial charge in [0.2, 0.25) is 15.9 Å². The minimum absolute atomic E-state index is 0.141. The summed E-state index contributed by atoms with van der Waals surface area (Å²) < 4.78 is 29.2. The quantitative estimate of drug-likeness (QED) is 0.627. The van der Waals surface area contributed by atoms with Gasteiger partial charge in [-0.3, -0.25) is 4.79 Å². The lowest BCUT2D eigenvalue weighted by atomic mass is 10.2. The average Bonchev–Trinajstić information content (AvgIpc) is 3.16. The highest BCUT2D eigenvalue weighted by Crippen LogP contribution is 2.25. The Morgan fingerprint density at radius 1 is 1.03 bits per heavy atom. The number of benzene rings is 2. The minimum atomic E-state index is -3.48. The number of hydrogen-bond acceptors (Lipinski definition) is 3. The van der Waals surface area contributed by atoms with E-state index in [0.29, 0.717) is 29.6 Å². The third-order valence-electron chi connectivity index (χ3n) is 5.44. The van der Waals surface area contributed by atoms with E-state index in [1.165, 1.54) is 0 Å². The highest BCUT2D eigenvalue weighted by Gasteiger charge is 2.26. The topological polar surface area (TPSA) is 71.4 Å². The predicted molar refractivity (Wildman–Crippen MR) is 118 cm³/mol. The van der Waals surface area contributed by atoms with E-state index in [9.17, 15) is 13.2 Å². The van der Waals surface area contributed by atoms with Crippen molar-refractivity contribution in [3.8, 4) is 0 Å². The van der Waals surface area contributed by atoms with Crippen LogP contribution in [0.25, 0.3) is 10.9 Å². The molecular weight excluding hydrogens is 422 g/mol. The molecule has 0 spiro atoms. The van der Waals surface area contributed by atoms with E-state index in [-0.39, 0.29) is 12.5 Å². The van der Waals surface area contributed by atoms with Gasteiger partial charge in [0.05, 0.1) is 4.90 Å². The van der Waals surface area contributed by atoms with Crippen molar-refractivity contribution >= 4 is 38.4 Å². The van der Waals surface area contributed by atoms with Crippen molar-refractivity contribution in [1.82, 2.24) is 14.2 Å². The highest BCUT2D eigenvalue weighted by atomic mass is 35.5. The number of aromatic nitrogens is 1. The number of nitrogens with zero attached hydrogens (tertiary/aromatic N) is 2. The van der Waals surface area contributed by atoms with Crippen molar-refractivity contribution in [2.75, 3.05) is 13.1 Å². The lowest BCUT2D eigenvalue weighted by molar-refractivity contribution is -0.121. The maximum atomic E-state index is 12.9. The number of fused-ring (bicyclic) bond motifs is 1. The Morgan fingerprint density at radius 2 is 1.80 bits per heavy atom. The molecule has 1 N–H and O–H groups in total. The zero-order chi connectivity index (χ0) is 21.1. The molecule has 1 fully saturated rings. The number of amides is 1. The van der Waals surface area contributed by atoms with Crippen molar-refractivity contribution in [2.45, 2.75) is 37.2 Å². The van der Waals surface area contributed by atoms with Crippen LogP contribution in [0.1, 0.15) is 24.8 Å². The normalized spacial score (nSPS) is 15.4. The molecule has 1 saturated heterocycles. The third-order valence-corrected chi connectivity index (χ3v) is 7.71. The van der Waals surface area contributed by atoms with Gasteiger partial charge in [0.1, 0.15) is 6.54 Å². The number of rotatable bonds is 6. The molecule has 1 aliphatic heterocycles. The number of piperidine rings is 1. The molecule has 0 saturated carbocycles. The van der Waals surface area contributed by atoms with Crippen LogP contribution in [0.2, 0.25) is 5.02 Å². The molecule has 0 radical (unpaired) electrons. The van der Waals surface area contributed by atoms with Crippen molar-refractivity contribution in [3.05, 3.63) is 65.3 Å². The number of halogens is 1. The molecule has 0 unspecified atom stereocenters. The van der Waals surface area contributed by atoms with E-state index in [1.807, 2.05) is 28.8 Å². The van der Waals surface area contributed by atoms with E-state index in [0.717, 1.165) is 35.7 Å². The van der Waals surface area contributed by atoms with E-state index in [2.05, 4.69) is 5.32 Å². The summed E-state index contributed by atoms with van der Waals surface area (Å²) in [5.74, 6) is -0.141. The smallest absolute Gasteiger partial charge is 0.243 e. The van der Waals surface area contributed by atoms with Crippen LogP contribution in [0.15, 0.2) is 59.6 Å². The molecule has 30 heavy (non-hydrogen) atoms. The van der Waals surface area contributed by atoms with Crippen LogP contribution < -0.4 is 5.32 Å². The van der Waals surface area contributed by atoms with Gasteiger partial charge in [-0.1, -0.05) is 36.2 Å². The summed E-state index contributed by atoms with van der Waals surface area (Å²) in [6.07, 6.45) is 4.69. The molecule has 1 amide bonds. The van der Waals surface area contributed by atoms with Gasteiger partial charge in [-0.15, -0.1) is 0 Å². The van der Waals surface area contributed by atoms with Gasteiger partial charge in [-0.2, -0.15) is 4.31 Å². The van der Waals surface area contributed by atoms with Gasteiger partial charge in [-0.05, 0) is 48.7 Å². The molecular formula is C22H24ClN3O3S. The SMILES string of the molecule is O=C(Cn1ccc2cc(S(=O)(=O)N3CCCCC3)ccc21)NCc1ccccc1Cl. The fourth-order valence-electron chi connectivity index (χ4n) is 3.78. The van der Waals surface area contributed by atoms with E-state index in [1.54, 1.807) is 34.8 Å². The molecule has 3 aromatic rings. The van der Waals surface area contributed by atoms with Crippen LogP contribution >= 0.6 is 11.6 Å². The third kappa shape index (κ3) is 4.38. The Kier molecular flexibility index (Phi) is 6.13. The van der Waals surface area contributed by atoms with Gasteiger partial charge in [0, 0.05) is 41.8 Å². The molecule has 4 rings (SSSR count). The Morgan fingerprint density at radius 3 is 2.57 bits per heavy atom. The molecule has 1 aliphatic rings. The monoisotopic (exact) mass is 445 g/mol. The van der Waals surface area contributed by atoms with E-state index < -0.39 is 10.0 Å². The largest absolute Gasteiger partial charge is 0.350 e. The first-order valence-corrected chi connectivity index (χ1v) is 11.9. The van der Waals surface area contributed by atoms with E-state index in [4.69, 9.17) is 11.6 Å². The average molecular weight is 446 g/mol. The maximum Gasteiger partial charge on any atom is 0.243 e. The first kappa shape index (κ1) is 20.9. The Hall–Kier alpha value is -2.35. The van der Waals surface area contributed by atoms with E-state index >= 15 is 0 Å². The standard InChI is InChI=1S/C22H24ClN3O3S/c23-20-7-3-2-6-18(20)15-24-22(27)16-25-13-10-17-14-19(8-9-21(17)25)30(28,29)26-11-4-1-5-12-26/h2-3,6-10,13-14H,1,4-5,11-12,15-16H2,(H,24,27). The lowest BCUT2D eigenvalue weighted by Crippen LogP contribution is -2.35. The van der Waals surface area contributed by atoms with Crippen LogP contribution in [0.4, 0.5) is 0 Å². The minimum Gasteiger partial charge on any atom is -0.350 e. The number of hydrogen-bond donors (Lipinski definition) is 1. The second kappa shape index (κ2) is 8.79. The lowest BCUT2D eigenvalue weighted by Gasteiger charge is -2.25.